The van der Waals surface area contributed by atoms with Crippen molar-refractivity contribution in [2.45, 2.75) is 129 Å². The average molecular weight is 543 g/mol. The summed E-state index contributed by atoms with van der Waals surface area (Å²) in [5, 5.41) is 0. The van der Waals surface area contributed by atoms with Crippen LogP contribution in [0.25, 0.3) is 0 Å². The lowest BCUT2D eigenvalue weighted by atomic mass is 9.46. The van der Waals surface area contributed by atoms with Crippen LogP contribution in [-0.4, -0.2) is 14.0 Å². The third-order valence-electron chi connectivity index (χ3n) is 12.6. The first-order chi connectivity index (χ1) is 18.0. The van der Waals surface area contributed by atoms with E-state index in [2.05, 4.69) is 34.6 Å². The number of aryl methyl sites for hydroxylation is 1. The van der Waals surface area contributed by atoms with Crippen molar-refractivity contribution >= 4 is 10.1 Å². The summed E-state index contributed by atoms with van der Waals surface area (Å²) >= 11 is 0. The van der Waals surface area contributed by atoms with Gasteiger partial charge in [-0.3, -0.25) is 4.18 Å². The van der Waals surface area contributed by atoms with Crippen molar-refractivity contribution in [1.29, 1.82) is 0 Å². The van der Waals surface area contributed by atoms with Crippen LogP contribution < -0.4 is 0 Å². The summed E-state index contributed by atoms with van der Waals surface area (Å²) in [4.78, 5) is 0.285. The Hall–Kier alpha value is -0.870. The van der Waals surface area contributed by atoms with E-state index in [1.165, 1.54) is 64.2 Å². The maximum Gasteiger partial charge on any atom is 0.297 e. The number of hydrogen-bond donors (Lipinski definition) is 0. The van der Waals surface area contributed by atoms with E-state index in [-0.39, 0.29) is 10.8 Å². The molecule has 4 aliphatic rings. The molecule has 0 unspecified atom stereocenters. The zero-order chi connectivity index (χ0) is 27.3. The highest BCUT2D eigenvalue weighted by molar-refractivity contribution is 7.86. The molecule has 38 heavy (non-hydrogen) atoms. The Balaban J connectivity index is 1.28. The lowest BCUT2D eigenvalue weighted by molar-refractivity contribution is -0.128. The van der Waals surface area contributed by atoms with Gasteiger partial charge in [0.2, 0.25) is 0 Å². The predicted molar refractivity (Wildman–Crippen MR) is 156 cm³/mol. The van der Waals surface area contributed by atoms with Crippen molar-refractivity contribution in [3.63, 3.8) is 0 Å². The number of rotatable bonds is 8. The van der Waals surface area contributed by atoms with Gasteiger partial charge in [0.25, 0.3) is 10.1 Å². The molecule has 0 bridgehead atoms. The fourth-order valence-electron chi connectivity index (χ4n) is 10.3. The molecule has 4 fully saturated rings. The zero-order valence-corrected chi connectivity index (χ0v) is 25.9. The van der Waals surface area contributed by atoms with Crippen LogP contribution in [0.15, 0.2) is 29.2 Å². The largest absolute Gasteiger partial charge is 0.297 e. The second-order valence-corrected chi connectivity index (χ2v) is 16.1. The summed E-state index contributed by atoms with van der Waals surface area (Å²) in [6.45, 7) is 13.9. The second kappa shape index (κ2) is 10.8. The molecule has 0 spiro atoms. The first kappa shape index (κ1) is 28.7. The molecule has 5 rings (SSSR count). The van der Waals surface area contributed by atoms with Gasteiger partial charge in [0, 0.05) is 0 Å². The summed E-state index contributed by atoms with van der Waals surface area (Å²) in [5.41, 5.74) is 0.960. The van der Waals surface area contributed by atoms with E-state index < -0.39 is 15.7 Å². The van der Waals surface area contributed by atoms with Gasteiger partial charge in [-0.15, -0.1) is 0 Å². The van der Waals surface area contributed by atoms with Gasteiger partial charge in [-0.25, -0.2) is 0 Å². The van der Waals surface area contributed by atoms with E-state index in [0.29, 0.717) is 11.3 Å². The molecule has 0 heterocycles. The van der Waals surface area contributed by atoms with Crippen LogP contribution in [0.5, 0.6) is 0 Å². The molecular formula is C34H54O3S. The molecule has 4 heteroatoms. The zero-order valence-electron chi connectivity index (χ0n) is 25.0. The normalized spacial score (nSPS) is 41.7. The summed E-state index contributed by atoms with van der Waals surface area (Å²) in [7, 11) is -3.77. The molecule has 0 aliphatic heterocycles. The van der Waals surface area contributed by atoms with Crippen LogP contribution in [0, 0.1) is 59.7 Å². The third-order valence-corrected chi connectivity index (χ3v) is 14.1. The summed E-state index contributed by atoms with van der Waals surface area (Å²) in [5.74, 6) is 5.99. The molecule has 3 nitrogen and oxygen atoms in total. The summed E-state index contributed by atoms with van der Waals surface area (Å²) < 4.78 is 32.7. The quantitative estimate of drug-likeness (QED) is 0.243. The smallest absolute Gasteiger partial charge is 0.260 e. The van der Waals surface area contributed by atoms with Gasteiger partial charge in [-0.05, 0) is 130 Å². The SMILES string of the molecule is CCCCC[C@H](C)[C@H]1CC[C@@]2(C)[C@@H]3CC[C@@H]4[C@H](CC[C@](C)(OS(=O)(=O)c5ccc(C)cc5)[C@H]4C)[C@H]3CC[C@H]12. The van der Waals surface area contributed by atoms with E-state index in [0.717, 1.165) is 53.9 Å². The summed E-state index contributed by atoms with van der Waals surface area (Å²) in [6.07, 6.45) is 15.8. The topological polar surface area (TPSA) is 43.4 Å². The van der Waals surface area contributed by atoms with E-state index in [1.54, 1.807) is 12.1 Å². The van der Waals surface area contributed by atoms with Crippen LogP contribution in [0.2, 0.25) is 0 Å². The van der Waals surface area contributed by atoms with Crippen molar-refractivity contribution in [1.82, 2.24) is 0 Å². The molecule has 4 aliphatic carbocycles. The van der Waals surface area contributed by atoms with Crippen LogP contribution in [0.3, 0.4) is 0 Å². The van der Waals surface area contributed by atoms with Crippen molar-refractivity contribution in [2.75, 3.05) is 0 Å². The van der Waals surface area contributed by atoms with Gasteiger partial charge in [-0.2, -0.15) is 8.42 Å². The highest BCUT2D eigenvalue weighted by Crippen LogP contribution is 2.67. The van der Waals surface area contributed by atoms with Crippen molar-refractivity contribution in [3.8, 4) is 0 Å². The van der Waals surface area contributed by atoms with Gasteiger partial charge < -0.3 is 0 Å². The van der Waals surface area contributed by atoms with Gasteiger partial charge in [0.1, 0.15) is 0 Å². The standard InChI is InChI=1S/C34H54O3S/c1-7-8-9-10-24(3)27-19-21-33(5)31(27)18-16-30-29-20-22-34(6,25(4)28(29)15-17-32(30)33)37-38(35,36)26-13-11-23(2)12-14-26/h11-14,24-25,27-32H,7-10,15-22H2,1-6H3/t24-,25-,27+,28-,29-,30+,31+,32+,33+,34-/m0/s1. The van der Waals surface area contributed by atoms with Gasteiger partial charge in [-0.1, -0.05) is 71.1 Å². The Bertz CT molecular complexity index is 1060. The third kappa shape index (κ3) is 5.04. The number of fused-ring (bicyclic) bond motifs is 5. The molecule has 1 aromatic carbocycles. The highest BCUT2D eigenvalue weighted by atomic mass is 32.2. The highest BCUT2D eigenvalue weighted by Gasteiger charge is 2.60. The first-order valence-corrected chi connectivity index (χ1v) is 17.4. The minimum atomic E-state index is -3.77. The lowest BCUT2D eigenvalue weighted by Crippen LogP contribution is -2.55. The summed E-state index contributed by atoms with van der Waals surface area (Å²) in [6, 6.07) is 7.09. The van der Waals surface area contributed by atoms with Crippen LogP contribution in [0.4, 0.5) is 0 Å². The Labute approximate surface area is 234 Å². The minimum absolute atomic E-state index is 0.253. The average Bonchev–Trinajstić information content (AvgIpc) is 3.24. The molecule has 1 aromatic rings. The van der Waals surface area contributed by atoms with Crippen LogP contribution in [0.1, 0.15) is 117 Å². The van der Waals surface area contributed by atoms with E-state index in [1.807, 2.05) is 19.1 Å². The molecular weight excluding hydrogens is 488 g/mol. The fraction of sp³-hybridized carbons (Fsp3) is 0.824. The molecule has 0 saturated heterocycles. The maximum atomic E-state index is 13.3. The van der Waals surface area contributed by atoms with E-state index in [4.69, 9.17) is 4.18 Å². The van der Waals surface area contributed by atoms with Crippen LogP contribution >= 0.6 is 0 Å². The Morgan fingerprint density at radius 1 is 0.895 bits per heavy atom. The Kier molecular flexibility index (Phi) is 8.17. The van der Waals surface area contributed by atoms with Gasteiger partial charge >= 0.3 is 0 Å². The molecule has 0 amide bonds. The minimum Gasteiger partial charge on any atom is -0.260 e. The Morgan fingerprint density at radius 3 is 2.29 bits per heavy atom. The molecule has 0 N–H and O–H groups in total. The lowest BCUT2D eigenvalue weighted by Gasteiger charge is -2.60. The monoisotopic (exact) mass is 542 g/mol. The molecule has 0 aromatic heterocycles. The van der Waals surface area contributed by atoms with Gasteiger partial charge in [0.15, 0.2) is 0 Å². The number of hydrogen-bond acceptors (Lipinski definition) is 3. The van der Waals surface area contributed by atoms with Crippen molar-refractivity contribution < 1.29 is 12.6 Å². The van der Waals surface area contributed by atoms with Crippen molar-refractivity contribution in [2.24, 2.45) is 52.8 Å². The molecule has 0 radical (unpaired) electrons. The first-order valence-electron chi connectivity index (χ1n) is 16.0. The van der Waals surface area contributed by atoms with Crippen LogP contribution in [-0.2, 0) is 14.3 Å². The fourth-order valence-corrected chi connectivity index (χ4v) is 11.6. The second-order valence-electron chi connectivity index (χ2n) is 14.5. The molecule has 214 valence electrons. The van der Waals surface area contributed by atoms with Crippen molar-refractivity contribution in [3.05, 3.63) is 29.8 Å². The molecule has 4 saturated carbocycles. The number of unbranched alkanes of at least 4 members (excludes halogenated alkanes) is 2. The number of benzene rings is 1. The maximum absolute atomic E-state index is 13.3. The van der Waals surface area contributed by atoms with E-state index in [9.17, 15) is 8.42 Å². The molecule has 10 atom stereocenters. The predicted octanol–water partition coefficient (Wildman–Crippen LogP) is 9.19. The Morgan fingerprint density at radius 2 is 1.58 bits per heavy atom. The van der Waals surface area contributed by atoms with E-state index >= 15 is 0 Å². The van der Waals surface area contributed by atoms with Gasteiger partial charge in [0.05, 0.1) is 10.5 Å².